The zero-order valence-electron chi connectivity index (χ0n) is 14.0. The number of alkyl carbamates (subject to hydrolysis) is 2. The highest BCUT2D eigenvalue weighted by Crippen LogP contribution is 2.30. The normalized spacial score (nSPS) is 30.2. The fourth-order valence-corrected chi connectivity index (χ4v) is 3.05. The van der Waals surface area contributed by atoms with E-state index in [4.69, 9.17) is 18.9 Å². The molecule has 0 saturated carbocycles. The first kappa shape index (κ1) is 18.0. The van der Waals surface area contributed by atoms with Gasteiger partial charge in [-0.15, -0.1) is 0 Å². The summed E-state index contributed by atoms with van der Waals surface area (Å²) in [6, 6.07) is 0. The van der Waals surface area contributed by atoms with E-state index in [9.17, 15) is 9.59 Å². The van der Waals surface area contributed by atoms with Gasteiger partial charge in [0.15, 0.2) is 0 Å². The lowest BCUT2D eigenvalue weighted by Crippen LogP contribution is -2.40. The first-order chi connectivity index (χ1) is 11.0. The summed E-state index contributed by atoms with van der Waals surface area (Å²) in [5.74, 6) is 0. The average molecular weight is 329 g/mol. The van der Waals surface area contributed by atoms with Crippen LogP contribution >= 0.6 is 0 Å². The van der Waals surface area contributed by atoms with Crippen LogP contribution in [-0.4, -0.2) is 49.8 Å². The molecule has 2 heterocycles. The van der Waals surface area contributed by atoms with Gasteiger partial charge >= 0.3 is 12.2 Å². The van der Waals surface area contributed by atoms with Crippen molar-refractivity contribution >= 4 is 12.2 Å². The van der Waals surface area contributed by atoms with Gasteiger partial charge in [0.2, 0.25) is 0 Å². The zero-order chi connectivity index (χ0) is 16.8. The molecule has 132 valence electrons. The first-order valence-corrected chi connectivity index (χ1v) is 8.41. The molecule has 0 aliphatic carbocycles. The minimum atomic E-state index is -0.809. The molecule has 2 aliphatic heterocycles. The average Bonchev–Trinajstić information content (AvgIpc) is 3.22. The van der Waals surface area contributed by atoms with Crippen molar-refractivity contribution in [1.82, 2.24) is 5.32 Å². The second kappa shape index (κ2) is 7.97. The molecule has 2 saturated heterocycles. The smallest absolute Gasteiger partial charge is 0.416 e. The molecule has 7 heteroatoms. The maximum Gasteiger partial charge on any atom is 0.416 e. The van der Waals surface area contributed by atoms with E-state index in [-0.39, 0.29) is 13.2 Å². The second-order valence-electron chi connectivity index (χ2n) is 6.25. The fraction of sp³-hybridized carbons (Fsp3) is 0.875. The summed E-state index contributed by atoms with van der Waals surface area (Å²) in [6.45, 7) is 5.63. The second-order valence-corrected chi connectivity index (χ2v) is 6.25. The summed E-state index contributed by atoms with van der Waals surface area (Å²) in [5, 5.41) is 2.08. The topological polar surface area (TPSA) is 83.1 Å². The van der Waals surface area contributed by atoms with Gasteiger partial charge in [-0.1, -0.05) is 13.8 Å². The monoisotopic (exact) mass is 329 g/mol. The summed E-state index contributed by atoms with van der Waals surface area (Å²) >= 11 is 0. The van der Waals surface area contributed by atoms with Gasteiger partial charge in [0.05, 0.1) is 0 Å². The molecule has 2 amide bonds. The number of ether oxygens (including phenoxy) is 4. The van der Waals surface area contributed by atoms with Gasteiger partial charge in [-0.2, -0.15) is 0 Å². The highest BCUT2D eigenvalue weighted by Gasteiger charge is 2.36. The quantitative estimate of drug-likeness (QED) is 0.807. The van der Waals surface area contributed by atoms with Crippen LogP contribution in [0.1, 0.15) is 52.4 Å². The van der Waals surface area contributed by atoms with Crippen LogP contribution in [-0.2, 0) is 18.9 Å². The molecule has 2 rings (SSSR count). The van der Waals surface area contributed by atoms with Crippen molar-refractivity contribution in [3.8, 4) is 0 Å². The largest absolute Gasteiger partial charge is 0.446 e. The van der Waals surface area contributed by atoms with Crippen molar-refractivity contribution < 1.29 is 28.5 Å². The highest BCUT2D eigenvalue weighted by molar-refractivity contribution is 5.87. The Kier molecular flexibility index (Phi) is 6.24. The van der Waals surface area contributed by atoms with E-state index in [1.165, 1.54) is 0 Å². The number of imide groups is 1. The molecule has 2 atom stereocenters. The zero-order valence-corrected chi connectivity index (χ0v) is 14.0. The van der Waals surface area contributed by atoms with Crippen molar-refractivity contribution in [3.05, 3.63) is 0 Å². The molecule has 0 aromatic rings. The van der Waals surface area contributed by atoms with E-state index in [1.807, 2.05) is 13.8 Å². The Morgan fingerprint density at radius 2 is 1.35 bits per heavy atom. The van der Waals surface area contributed by atoms with Gasteiger partial charge in [0.25, 0.3) is 0 Å². The predicted octanol–water partition coefficient (Wildman–Crippen LogP) is 2.77. The van der Waals surface area contributed by atoms with Crippen LogP contribution in [0, 0.1) is 0 Å². The third kappa shape index (κ3) is 4.81. The Labute approximate surface area is 137 Å². The van der Waals surface area contributed by atoms with Crippen molar-refractivity contribution in [1.29, 1.82) is 0 Å². The fourth-order valence-electron chi connectivity index (χ4n) is 3.05. The Hall–Kier alpha value is -1.34. The number of carbonyl (C=O) groups excluding carboxylic acids is 2. The summed E-state index contributed by atoms with van der Waals surface area (Å²) in [6.07, 6.45) is 3.55. The molecule has 7 nitrogen and oxygen atoms in total. The van der Waals surface area contributed by atoms with E-state index >= 15 is 0 Å². The predicted molar refractivity (Wildman–Crippen MR) is 82.2 cm³/mol. The first-order valence-electron chi connectivity index (χ1n) is 8.41. The SMILES string of the molecule is CCC1(COC(=O)NC(=O)OCC2(CC)CCCO2)CCCO1. The number of nitrogens with one attached hydrogen (secondary N) is 1. The maximum atomic E-state index is 11.7. The van der Waals surface area contributed by atoms with Crippen molar-refractivity contribution in [2.75, 3.05) is 26.4 Å². The molecular weight excluding hydrogens is 302 g/mol. The maximum absolute atomic E-state index is 11.7. The number of hydrogen-bond donors (Lipinski definition) is 1. The van der Waals surface area contributed by atoms with Crippen molar-refractivity contribution in [2.45, 2.75) is 63.6 Å². The van der Waals surface area contributed by atoms with Crippen LogP contribution in [0.5, 0.6) is 0 Å². The Balaban J connectivity index is 1.69. The number of rotatable bonds is 6. The van der Waals surface area contributed by atoms with E-state index in [0.29, 0.717) is 13.2 Å². The summed E-state index contributed by atoms with van der Waals surface area (Å²) in [4.78, 5) is 23.4. The van der Waals surface area contributed by atoms with Crippen LogP contribution in [0.15, 0.2) is 0 Å². The lowest BCUT2D eigenvalue weighted by molar-refractivity contribution is -0.0497. The molecule has 1 N–H and O–H groups in total. The molecule has 0 radical (unpaired) electrons. The van der Waals surface area contributed by atoms with E-state index in [0.717, 1.165) is 38.5 Å². The standard InChI is InChI=1S/C16H27NO6/c1-3-15(7-5-9-22-15)11-20-13(18)17-14(19)21-12-16(4-2)8-6-10-23-16/h3-12H2,1-2H3,(H,17,18,19). The van der Waals surface area contributed by atoms with Gasteiger partial charge in [-0.25, -0.2) is 14.9 Å². The minimum absolute atomic E-state index is 0.143. The molecule has 0 spiro atoms. The van der Waals surface area contributed by atoms with Gasteiger partial charge in [-0.3, -0.25) is 0 Å². The van der Waals surface area contributed by atoms with Crippen molar-refractivity contribution in [3.63, 3.8) is 0 Å². The molecule has 2 unspecified atom stereocenters. The van der Waals surface area contributed by atoms with Crippen LogP contribution in [0.2, 0.25) is 0 Å². The van der Waals surface area contributed by atoms with E-state index in [2.05, 4.69) is 5.32 Å². The molecule has 2 aliphatic rings. The van der Waals surface area contributed by atoms with Gasteiger partial charge in [0, 0.05) is 13.2 Å². The minimum Gasteiger partial charge on any atom is -0.446 e. The third-order valence-electron chi connectivity index (χ3n) is 4.80. The lowest BCUT2D eigenvalue weighted by Gasteiger charge is -2.27. The third-order valence-corrected chi connectivity index (χ3v) is 4.80. The highest BCUT2D eigenvalue weighted by atomic mass is 16.6. The van der Waals surface area contributed by atoms with Crippen LogP contribution in [0.4, 0.5) is 9.59 Å². The number of carbonyl (C=O) groups is 2. The van der Waals surface area contributed by atoms with E-state index in [1.54, 1.807) is 0 Å². The number of hydrogen-bond acceptors (Lipinski definition) is 6. The molecule has 0 bridgehead atoms. The molecule has 23 heavy (non-hydrogen) atoms. The Morgan fingerprint density at radius 1 is 0.913 bits per heavy atom. The molecule has 0 aromatic heterocycles. The van der Waals surface area contributed by atoms with Crippen molar-refractivity contribution in [2.24, 2.45) is 0 Å². The molecule has 2 fully saturated rings. The Bertz CT molecular complexity index is 375. The molecular formula is C16H27NO6. The van der Waals surface area contributed by atoms with Gasteiger partial charge in [0.1, 0.15) is 24.4 Å². The van der Waals surface area contributed by atoms with Crippen LogP contribution in [0.3, 0.4) is 0 Å². The van der Waals surface area contributed by atoms with Crippen LogP contribution < -0.4 is 5.32 Å². The van der Waals surface area contributed by atoms with E-state index < -0.39 is 23.4 Å². The Morgan fingerprint density at radius 3 is 1.65 bits per heavy atom. The summed E-state index contributed by atoms with van der Waals surface area (Å²) in [5.41, 5.74) is -0.823. The molecule has 0 aromatic carbocycles. The summed E-state index contributed by atoms with van der Waals surface area (Å²) < 4.78 is 21.5. The lowest BCUT2D eigenvalue weighted by atomic mass is 9.98. The van der Waals surface area contributed by atoms with Gasteiger partial charge in [-0.05, 0) is 38.5 Å². The summed E-state index contributed by atoms with van der Waals surface area (Å²) in [7, 11) is 0. The van der Waals surface area contributed by atoms with Gasteiger partial charge < -0.3 is 18.9 Å². The van der Waals surface area contributed by atoms with Crippen LogP contribution in [0.25, 0.3) is 0 Å². The number of amides is 2.